The molecule has 0 bridgehead atoms. The minimum Gasteiger partial charge on any atom is -0.496 e. The number of thiocarbonyl (C=S) groups is 1. The van der Waals surface area contributed by atoms with Crippen molar-refractivity contribution in [3.63, 3.8) is 0 Å². The van der Waals surface area contributed by atoms with Crippen molar-refractivity contribution in [2.75, 3.05) is 19.0 Å². The van der Waals surface area contributed by atoms with E-state index in [1.165, 1.54) is 7.11 Å². The Balaban J connectivity index is 2.05. The number of carbonyl (C=O) groups excluding carboxylic acids is 1. The summed E-state index contributed by atoms with van der Waals surface area (Å²) in [6.45, 7) is 6.09. The van der Waals surface area contributed by atoms with Crippen molar-refractivity contribution in [2.45, 2.75) is 6.92 Å². The molecule has 0 saturated heterocycles. The van der Waals surface area contributed by atoms with E-state index in [4.69, 9.17) is 21.7 Å². The number of methoxy groups -OCH3 is 1. The average molecular weight is 356 g/mol. The Bertz CT molecular complexity index is 790. The fourth-order valence-corrected chi connectivity index (χ4v) is 2.26. The van der Waals surface area contributed by atoms with Crippen molar-refractivity contribution in [3.05, 3.63) is 66.2 Å². The van der Waals surface area contributed by atoms with Gasteiger partial charge in [-0.3, -0.25) is 10.1 Å². The molecule has 0 saturated carbocycles. The number of benzene rings is 2. The molecule has 0 radical (unpaired) electrons. The van der Waals surface area contributed by atoms with Gasteiger partial charge in [-0.25, -0.2) is 0 Å². The molecule has 25 heavy (non-hydrogen) atoms. The summed E-state index contributed by atoms with van der Waals surface area (Å²) < 4.78 is 10.9. The van der Waals surface area contributed by atoms with Crippen LogP contribution < -0.4 is 20.1 Å². The highest BCUT2D eigenvalue weighted by atomic mass is 32.1. The lowest BCUT2D eigenvalue weighted by molar-refractivity contribution is 0.0975. The Labute approximate surface area is 152 Å². The second kappa shape index (κ2) is 8.84. The van der Waals surface area contributed by atoms with E-state index in [1.54, 1.807) is 24.3 Å². The van der Waals surface area contributed by atoms with Gasteiger partial charge in [0.1, 0.15) is 18.1 Å². The van der Waals surface area contributed by atoms with Crippen molar-refractivity contribution in [2.24, 2.45) is 0 Å². The van der Waals surface area contributed by atoms with E-state index in [1.807, 2.05) is 31.2 Å². The van der Waals surface area contributed by atoms with Crippen molar-refractivity contribution in [1.82, 2.24) is 5.32 Å². The van der Waals surface area contributed by atoms with E-state index in [0.717, 1.165) is 5.57 Å². The van der Waals surface area contributed by atoms with Gasteiger partial charge in [0, 0.05) is 0 Å². The number of carbonyl (C=O) groups is 1. The van der Waals surface area contributed by atoms with Crippen molar-refractivity contribution in [1.29, 1.82) is 0 Å². The van der Waals surface area contributed by atoms with Crippen LogP contribution in [0.1, 0.15) is 17.3 Å². The van der Waals surface area contributed by atoms with E-state index in [0.29, 0.717) is 29.4 Å². The van der Waals surface area contributed by atoms with Gasteiger partial charge >= 0.3 is 0 Å². The number of hydrogen-bond donors (Lipinski definition) is 2. The summed E-state index contributed by atoms with van der Waals surface area (Å²) in [6.07, 6.45) is 0. The van der Waals surface area contributed by atoms with Crippen molar-refractivity contribution in [3.8, 4) is 11.5 Å². The van der Waals surface area contributed by atoms with E-state index < -0.39 is 0 Å². The van der Waals surface area contributed by atoms with Crippen LogP contribution in [0.3, 0.4) is 0 Å². The number of para-hydroxylation sites is 3. The third-order valence-corrected chi connectivity index (χ3v) is 3.39. The molecular weight excluding hydrogens is 336 g/mol. The van der Waals surface area contributed by atoms with Gasteiger partial charge in [-0.05, 0) is 49.0 Å². The molecular formula is C19H20N2O3S. The highest BCUT2D eigenvalue weighted by Crippen LogP contribution is 2.24. The second-order valence-corrected chi connectivity index (χ2v) is 5.76. The van der Waals surface area contributed by atoms with E-state index in [9.17, 15) is 4.79 Å². The number of ether oxygens (including phenoxy) is 2. The summed E-state index contributed by atoms with van der Waals surface area (Å²) in [6, 6.07) is 14.3. The first-order valence-electron chi connectivity index (χ1n) is 7.63. The van der Waals surface area contributed by atoms with Gasteiger partial charge in [0.15, 0.2) is 5.11 Å². The highest BCUT2D eigenvalue weighted by Gasteiger charge is 2.13. The summed E-state index contributed by atoms with van der Waals surface area (Å²) in [7, 11) is 1.51. The number of hydrogen-bond acceptors (Lipinski definition) is 4. The van der Waals surface area contributed by atoms with Gasteiger partial charge in [0.05, 0.1) is 18.4 Å². The molecule has 0 aliphatic heterocycles. The van der Waals surface area contributed by atoms with Gasteiger partial charge in [-0.15, -0.1) is 0 Å². The molecule has 0 fully saturated rings. The molecule has 1 amide bonds. The Morgan fingerprint density at radius 2 is 1.76 bits per heavy atom. The lowest BCUT2D eigenvalue weighted by atomic mass is 10.2. The van der Waals surface area contributed by atoms with Crippen LogP contribution in [0.15, 0.2) is 60.7 Å². The van der Waals surface area contributed by atoms with Gasteiger partial charge in [-0.1, -0.05) is 30.8 Å². The second-order valence-electron chi connectivity index (χ2n) is 5.35. The Morgan fingerprint density at radius 3 is 2.44 bits per heavy atom. The molecule has 0 aliphatic rings. The fraction of sp³-hybridized carbons (Fsp3) is 0.158. The quantitative estimate of drug-likeness (QED) is 0.609. The molecule has 6 heteroatoms. The van der Waals surface area contributed by atoms with Gasteiger partial charge in [0.2, 0.25) is 0 Å². The summed E-state index contributed by atoms with van der Waals surface area (Å²) in [5.41, 5.74) is 1.97. The summed E-state index contributed by atoms with van der Waals surface area (Å²) in [5.74, 6) is 0.752. The van der Waals surface area contributed by atoms with Crippen LogP contribution >= 0.6 is 12.2 Å². The minimum absolute atomic E-state index is 0.169. The molecule has 0 atom stereocenters. The predicted octanol–water partition coefficient (Wildman–Crippen LogP) is 3.78. The summed E-state index contributed by atoms with van der Waals surface area (Å²) in [5, 5.41) is 5.78. The largest absolute Gasteiger partial charge is 0.496 e. The highest BCUT2D eigenvalue weighted by molar-refractivity contribution is 7.80. The molecule has 2 N–H and O–H groups in total. The molecule has 130 valence electrons. The summed E-state index contributed by atoms with van der Waals surface area (Å²) >= 11 is 5.23. The van der Waals surface area contributed by atoms with Crippen LogP contribution in [-0.4, -0.2) is 24.7 Å². The Morgan fingerprint density at radius 1 is 1.12 bits per heavy atom. The van der Waals surface area contributed by atoms with E-state index in [2.05, 4.69) is 17.2 Å². The first-order chi connectivity index (χ1) is 12.0. The number of anilines is 1. The fourth-order valence-electron chi connectivity index (χ4n) is 2.05. The predicted molar refractivity (Wildman–Crippen MR) is 103 cm³/mol. The maximum Gasteiger partial charge on any atom is 0.261 e. The first-order valence-corrected chi connectivity index (χ1v) is 8.03. The van der Waals surface area contributed by atoms with Gasteiger partial charge < -0.3 is 14.8 Å². The molecule has 2 rings (SSSR count). The Kier molecular flexibility index (Phi) is 6.54. The SMILES string of the molecule is C=C(C)COc1ccccc1NC(=S)NC(=O)c1ccccc1OC. The topological polar surface area (TPSA) is 59.6 Å². The molecule has 0 aliphatic carbocycles. The van der Waals surface area contributed by atoms with Crippen LogP contribution in [-0.2, 0) is 0 Å². The van der Waals surface area contributed by atoms with E-state index in [-0.39, 0.29) is 11.0 Å². The molecule has 0 aromatic heterocycles. The zero-order valence-electron chi connectivity index (χ0n) is 14.2. The van der Waals surface area contributed by atoms with Crippen LogP contribution in [0.5, 0.6) is 11.5 Å². The zero-order chi connectivity index (χ0) is 18.2. The standard InChI is InChI=1S/C19H20N2O3S/c1-13(2)12-24-17-11-7-5-9-15(17)20-19(25)21-18(22)14-8-4-6-10-16(14)23-3/h4-11H,1,12H2,2-3H3,(H2,20,21,22,25). The third-order valence-electron chi connectivity index (χ3n) is 3.19. The maximum absolute atomic E-state index is 12.4. The van der Waals surface area contributed by atoms with Gasteiger partial charge in [-0.2, -0.15) is 0 Å². The minimum atomic E-state index is -0.352. The number of nitrogens with one attached hydrogen (secondary N) is 2. The molecule has 2 aromatic carbocycles. The average Bonchev–Trinajstić information content (AvgIpc) is 2.60. The molecule has 0 heterocycles. The Hall–Kier alpha value is -2.86. The zero-order valence-corrected chi connectivity index (χ0v) is 15.0. The summed E-state index contributed by atoms with van der Waals surface area (Å²) in [4.78, 5) is 12.4. The lowest BCUT2D eigenvalue weighted by Gasteiger charge is -2.15. The number of rotatable bonds is 6. The van der Waals surface area contributed by atoms with Crippen molar-refractivity contribution < 1.29 is 14.3 Å². The normalized spacial score (nSPS) is 9.84. The molecule has 0 spiro atoms. The first kappa shape index (κ1) is 18.5. The lowest BCUT2D eigenvalue weighted by Crippen LogP contribution is -2.34. The molecule has 0 unspecified atom stereocenters. The monoisotopic (exact) mass is 356 g/mol. The van der Waals surface area contributed by atoms with Crippen LogP contribution in [0, 0.1) is 0 Å². The van der Waals surface area contributed by atoms with E-state index >= 15 is 0 Å². The van der Waals surface area contributed by atoms with Crippen LogP contribution in [0.2, 0.25) is 0 Å². The van der Waals surface area contributed by atoms with Crippen LogP contribution in [0.25, 0.3) is 0 Å². The molecule has 5 nitrogen and oxygen atoms in total. The number of amides is 1. The molecule has 2 aromatic rings. The third kappa shape index (κ3) is 5.32. The van der Waals surface area contributed by atoms with Gasteiger partial charge in [0.25, 0.3) is 5.91 Å². The smallest absolute Gasteiger partial charge is 0.261 e. The maximum atomic E-state index is 12.4. The van der Waals surface area contributed by atoms with Crippen LogP contribution in [0.4, 0.5) is 5.69 Å². The van der Waals surface area contributed by atoms with Crippen molar-refractivity contribution >= 4 is 28.9 Å².